The number of aliphatic imine (C=N–C) groups is 1. The number of nitro benzene ring substituents is 2. The minimum atomic E-state index is -0.610. The highest BCUT2D eigenvalue weighted by Crippen LogP contribution is 2.37. The third kappa shape index (κ3) is 4.69. The van der Waals surface area contributed by atoms with Crippen LogP contribution in [0.5, 0.6) is 0 Å². The van der Waals surface area contributed by atoms with Crippen LogP contribution in [0.25, 0.3) is 0 Å². The first kappa shape index (κ1) is 23.5. The van der Waals surface area contributed by atoms with Crippen molar-refractivity contribution < 1.29 is 14.6 Å². The highest BCUT2D eigenvalue weighted by Gasteiger charge is 2.36. The average Bonchev–Trinajstić information content (AvgIpc) is 2.94. The van der Waals surface area contributed by atoms with Crippen LogP contribution in [0, 0.1) is 32.1 Å². The Hall–Kier alpha value is -3.62. The van der Waals surface area contributed by atoms with E-state index >= 15 is 0 Å². The topological polar surface area (TPSA) is 119 Å². The number of hydrogen-bond acceptors (Lipinski definition) is 6. The Morgan fingerprint density at radius 1 is 0.971 bits per heavy atom. The van der Waals surface area contributed by atoms with E-state index in [9.17, 15) is 25.0 Å². The maximum absolute atomic E-state index is 13.8. The van der Waals surface area contributed by atoms with E-state index in [2.05, 4.69) is 0 Å². The number of fused-ring (bicyclic) bond motifs is 1. The number of hydrogen-bond donors (Lipinski definition) is 0. The summed E-state index contributed by atoms with van der Waals surface area (Å²) >= 11 is 0. The molecular formula is C25H28N4O5. The van der Waals surface area contributed by atoms with Crippen molar-refractivity contribution in [2.24, 2.45) is 16.8 Å². The molecule has 34 heavy (non-hydrogen) atoms. The van der Waals surface area contributed by atoms with E-state index in [4.69, 9.17) is 4.99 Å². The first-order chi connectivity index (χ1) is 16.3. The number of non-ortho nitro benzene ring substituents is 2. The highest BCUT2D eigenvalue weighted by molar-refractivity contribution is 6.14. The molecule has 0 radical (unpaired) electrons. The van der Waals surface area contributed by atoms with Gasteiger partial charge in [-0.1, -0.05) is 45.2 Å². The minimum absolute atomic E-state index is 0.0232. The van der Waals surface area contributed by atoms with Crippen molar-refractivity contribution in [2.45, 2.75) is 58.5 Å². The number of benzene rings is 2. The smallest absolute Gasteiger partial charge is 0.270 e. The molecule has 0 N–H and O–H groups in total. The maximum Gasteiger partial charge on any atom is 0.270 e. The molecule has 0 aromatic heterocycles. The van der Waals surface area contributed by atoms with Gasteiger partial charge in [0.2, 0.25) is 0 Å². The van der Waals surface area contributed by atoms with Gasteiger partial charge in [-0.15, -0.1) is 0 Å². The molecule has 1 heterocycles. The lowest BCUT2D eigenvalue weighted by atomic mass is 9.82. The SMILES string of the molecule is CC(C)[C@@H]1N=C(C2CCCCC2)c2cc([N+](=O)[O-])ccc2N(Cc2ccc([N+](=O)[O-])cc2)C1=O. The molecule has 1 fully saturated rings. The lowest BCUT2D eigenvalue weighted by Gasteiger charge is -2.27. The van der Waals surface area contributed by atoms with E-state index in [0.717, 1.165) is 43.4 Å². The molecule has 0 saturated heterocycles. The van der Waals surface area contributed by atoms with Gasteiger partial charge in [0, 0.05) is 41.5 Å². The fraction of sp³-hybridized carbons (Fsp3) is 0.440. The fourth-order valence-corrected chi connectivity index (χ4v) is 4.84. The van der Waals surface area contributed by atoms with E-state index in [1.807, 2.05) is 13.8 Å². The number of carbonyl (C=O) groups is 1. The van der Waals surface area contributed by atoms with E-state index in [-0.39, 0.29) is 35.7 Å². The molecule has 2 aromatic carbocycles. The summed E-state index contributed by atoms with van der Waals surface area (Å²) in [6, 6.07) is 10.1. The van der Waals surface area contributed by atoms with Crippen LogP contribution >= 0.6 is 0 Å². The Morgan fingerprint density at radius 3 is 2.18 bits per heavy atom. The average molecular weight is 465 g/mol. The van der Waals surface area contributed by atoms with Gasteiger partial charge in [0.25, 0.3) is 17.3 Å². The summed E-state index contributed by atoms with van der Waals surface area (Å²) in [5.74, 6) is -0.0770. The third-order valence-electron chi connectivity index (χ3n) is 6.67. The van der Waals surface area contributed by atoms with E-state index in [1.54, 1.807) is 29.2 Å². The van der Waals surface area contributed by atoms with Gasteiger partial charge in [0.1, 0.15) is 6.04 Å². The molecule has 0 spiro atoms. The molecule has 9 nitrogen and oxygen atoms in total. The van der Waals surface area contributed by atoms with Crippen LogP contribution in [0.15, 0.2) is 47.5 Å². The predicted molar refractivity (Wildman–Crippen MR) is 129 cm³/mol. The van der Waals surface area contributed by atoms with Crippen LogP contribution in [-0.2, 0) is 11.3 Å². The summed E-state index contributed by atoms with van der Waals surface area (Å²) in [7, 11) is 0. The summed E-state index contributed by atoms with van der Waals surface area (Å²) in [5.41, 5.74) is 2.70. The van der Waals surface area contributed by atoms with Crippen molar-refractivity contribution in [3.05, 3.63) is 73.8 Å². The number of nitro groups is 2. The van der Waals surface area contributed by atoms with Crippen molar-refractivity contribution in [2.75, 3.05) is 4.90 Å². The minimum Gasteiger partial charge on any atom is -0.305 e. The molecule has 4 rings (SSSR count). The zero-order valence-electron chi connectivity index (χ0n) is 19.3. The molecule has 2 aromatic rings. The molecular weight excluding hydrogens is 436 g/mol. The van der Waals surface area contributed by atoms with Crippen LogP contribution in [0.3, 0.4) is 0 Å². The number of carbonyl (C=O) groups excluding carboxylic acids is 1. The van der Waals surface area contributed by atoms with Gasteiger partial charge in [0.15, 0.2) is 0 Å². The molecule has 0 unspecified atom stereocenters. The summed E-state index contributed by atoms with van der Waals surface area (Å²) in [6.45, 7) is 4.10. The van der Waals surface area contributed by atoms with Gasteiger partial charge in [-0.2, -0.15) is 0 Å². The fourth-order valence-electron chi connectivity index (χ4n) is 4.84. The Labute approximate surface area is 197 Å². The number of nitrogens with zero attached hydrogens (tertiary/aromatic N) is 4. The second-order valence-electron chi connectivity index (χ2n) is 9.34. The first-order valence-electron chi connectivity index (χ1n) is 11.7. The molecule has 1 atom stereocenters. The van der Waals surface area contributed by atoms with Crippen molar-refractivity contribution in [3.8, 4) is 0 Å². The van der Waals surface area contributed by atoms with Gasteiger partial charge in [-0.05, 0) is 30.4 Å². The second kappa shape index (κ2) is 9.70. The van der Waals surface area contributed by atoms with Crippen LogP contribution in [0.4, 0.5) is 17.1 Å². The lowest BCUT2D eigenvalue weighted by Crippen LogP contribution is -2.39. The number of anilines is 1. The van der Waals surface area contributed by atoms with Crippen LogP contribution in [0.2, 0.25) is 0 Å². The van der Waals surface area contributed by atoms with Crippen LogP contribution in [-0.4, -0.2) is 27.5 Å². The molecule has 1 aliphatic heterocycles. The van der Waals surface area contributed by atoms with Gasteiger partial charge in [-0.25, -0.2) is 0 Å². The number of rotatable bonds is 6. The third-order valence-corrected chi connectivity index (χ3v) is 6.67. The molecule has 178 valence electrons. The summed E-state index contributed by atoms with van der Waals surface area (Å²) in [5, 5.41) is 22.6. The van der Waals surface area contributed by atoms with E-state index < -0.39 is 15.9 Å². The van der Waals surface area contributed by atoms with Crippen molar-refractivity contribution >= 4 is 28.7 Å². The number of amides is 1. The van der Waals surface area contributed by atoms with E-state index in [1.165, 1.54) is 18.2 Å². The molecule has 1 aliphatic carbocycles. The summed E-state index contributed by atoms with van der Waals surface area (Å²) in [6.07, 6.45) is 5.19. The Kier molecular flexibility index (Phi) is 6.72. The largest absolute Gasteiger partial charge is 0.305 e. The summed E-state index contributed by atoms with van der Waals surface area (Å²) in [4.78, 5) is 42.1. The number of benzodiazepines with no additional fused rings is 1. The van der Waals surface area contributed by atoms with Crippen LogP contribution in [0.1, 0.15) is 57.1 Å². The molecule has 9 heteroatoms. The molecule has 1 amide bonds. The first-order valence-corrected chi connectivity index (χ1v) is 11.7. The molecule has 1 saturated carbocycles. The van der Waals surface area contributed by atoms with Gasteiger partial charge in [0.05, 0.1) is 22.1 Å². The zero-order valence-corrected chi connectivity index (χ0v) is 19.3. The predicted octanol–water partition coefficient (Wildman–Crippen LogP) is 5.44. The Bertz CT molecular complexity index is 1140. The highest BCUT2D eigenvalue weighted by atomic mass is 16.6. The van der Waals surface area contributed by atoms with Crippen molar-refractivity contribution in [1.29, 1.82) is 0 Å². The monoisotopic (exact) mass is 464 g/mol. The maximum atomic E-state index is 13.8. The quantitative estimate of drug-likeness (QED) is 0.416. The zero-order chi connectivity index (χ0) is 24.4. The second-order valence-corrected chi connectivity index (χ2v) is 9.34. The molecule has 0 bridgehead atoms. The van der Waals surface area contributed by atoms with Gasteiger partial charge < -0.3 is 4.90 Å². The Morgan fingerprint density at radius 2 is 1.59 bits per heavy atom. The molecule has 2 aliphatic rings. The van der Waals surface area contributed by atoms with Crippen LogP contribution < -0.4 is 4.90 Å². The Balaban J connectivity index is 1.83. The van der Waals surface area contributed by atoms with Gasteiger partial charge in [-0.3, -0.25) is 30.0 Å². The standard InChI is InChI=1S/C25H28N4O5/c1-16(2)23-25(30)27(15-17-8-10-19(11-9-17)28(31)32)22-13-12-20(29(33)34)14-21(22)24(26-23)18-6-4-3-5-7-18/h8-14,16,18,23H,3-7,15H2,1-2H3/t23-/m0/s1. The van der Waals surface area contributed by atoms with Crippen molar-refractivity contribution in [1.82, 2.24) is 0 Å². The summed E-state index contributed by atoms with van der Waals surface area (Å²) < 4.78 is 0. The van der Waals surface area contributed by atoms with Crippen molar-refractivity contribution in [3.63, 3.8) is 0 Å². The normalized spacial score (nSPS) is 18.9. The lowest BCUT2D eigenvalue weighted by molar-refractivity contribution is -0.385. The van der Waals surface area contributed by atoms with E-state index in [0.29, 0.717) is 11.3 Å². The van der Waals surface area contributed by atoms with Gasteiger partial charge >= 0.3 is 0 Å².